The summed E-state index contributed by atoms with van der Waals surface area (Å²) in [5.41, 5.74) is 2.02. The molecule has 3 nitrogen and oxygen atoms in total. The van der Waals surface area contributed by atoms with Crippen LogP contribution >= 0.6 is 0 Å². The van der Waals surface area contributed by atoms with Crippen molar-refractivity contribution in [3.63, 3.8) is 0 Å². The minimum absolute atomic E-state index is 0.103. The molecule has 3 rings (SSSR count). The fraction of sp³-hybridized carbons (Fsp3) is 0.357. The lowest BCUT2D eigenvalue weighted by Gasteiger charge is -2.07. The van der Waals surface area contributed by atoms with Crippen molar-refractivity contribution in [2.75, 3.05) is 0 Å². The Balaban J connectivity index is 2.06. The molecule has 1 heterocycles. The van der Waals surface area contributed by atoms with E-state index < -0.39 is 5.97 Å². The van der Waals surface area contributed by atoms with Crippen LogP contribution in [0, 0.1) is 5.92 Å². The molecular weight excluding hydrogens is 214 g/mol. The van der Waals surface area contributed by atoms with E-state index in [0.29, 0.717) is 0 Å². The van der Waals surface area contributed by atoms with E-state index in [4.69, 9.17) is 5.11 Å². The molecule has 3 heteroatoms. The number of aromatic nitrogens is 1. The SMILES string of the molecule is O=C(O)Cc1cccc2ccn(CC3CC3)c12. The summed E-state index contributed by atoms with van der Waals surface area (Å²) in [5.74, 6) is 0.0279. The van der Waals surface area contributed by atoms with Crippen LogP contribution < -0.4 is 0 Å². The van der Waals surface area contributed by atoms with Gasteiger partial charge in [0.05, 0.1) is 11.9 Å². The third-order valence-electron chi connectivity index (χ3n) is 3.37. The molecule has 0 radical (unpaired) electrons. The highest BCUT2D eigenvalue weighted by molar-refractivity contribution is 5.86. The first-order chi connectivity index (χ1) is 8.24. The third-order valence-corrected chi connectivity index (χ3v) is 3.37. The van der Waals surface area contributed by atoms with Gasteiger partial charge in [0.1, 0.15) is 0 Å². The summed E-state index contributed by atoms with van der Waals surface area (Å²) in [6.07, 6.45) is 4.79. The predicted octanol–water partition coefficient (Wildman–Crippen LogP) is 2.68. The number of para-hydroxylation sites is 1. The first-order valence-electron chi connectivity index (χ1n) is 6.02. The Morgan fingerprint density at radius 2 is 2.18 bits per heavy atom. The van der Waals surface area contributed by atoms with Gasteiger partial charge in [0, 0.05) is 12.7 Å². The summed E-state index contributed by atoms with van der Waals surface area (Å²) in [7, 11) is 0. The zero-order valence-corrected chi connectivity index (χ0v) is 9.60. The molecule has 0 atom stereocenters. The van der Waals surface area contributed by atoms with Crippen LogP contribution in [0.25, 0.3) is 10.9 Å². The number of nitrogens with zero attached hydrogens (tertiary/aromatic N) is 1. The predicted molar refractivity (Wildman–Crippen MR) is 66.0 cm³/mol. The number of carbonyl (C=O) groups is 1. The van der Waals surface area contributed by atoms with Gasteiger partial charge in [0.2, 0.25) is 0 Å². The average Bonchev–Trinajstić information content (AvgIpc) is 2.99. The van der Waals surface area contributed by atoms with Gasteiger partial charge < -0.3 is 9.67 Å². The van der Waals surface area contributed by atoms with Crippen molar-refractivity contribution in [1.82, 2.24) is 4.57 Å². The lowest BCUT2D eigenvalue weighted by Crippen LogP contribution is -2.04. The number of carboxylic acids is 1. The minimum Gasteiger partial charge on any atom is -0.481 e. The maximum Gasteiger partial charge on any atom is 0.307 e. The molecule has 0 amide bonds. The van der Waals surface area contributed by atoms with Crippen molar-refractivity contribution < 1.29 is 9.90 Å². The van der Waals surface area contributed by atoms with Crippen LogP contribution in [0.3, 0.4) is 0 Å². The minimum atomic E-state index is -0.767. The van der Waals surface area contributed by atoms with E-state index in [0.717, 1.165) is 28.9 Å². The van der Waals surface area contributed by atoms with Crippen LogP contribution in [0.1, 0.15) is 18.4 Å². The lowest BCUT2D eigenvalue weighted by molar-refractivity contribution is -0.136. The Bertz CT molecular complexity index is 567. The van der Waals surface area contributed by atoms with Crippen LogP contribution in [0.2, 0.25) is 0 Å². The summed E-state index contributed by atoms with van der Waals surface area (Å²) in [4.78, 5) is 10.9. The van der Waals surface area contributed by atoms with Crippen molar-refractivity contribution in [2.45, 2.75) is 25.8 Å². The van der Waals surface area contributed by atoms with E-state index in [2.05, 4.69) is 16.8 Å². The van der Waals surface area contributed by atoms with Gasteiger partial charge in [0.25, 0.3) is 0 Å². The number of aliphatic carboxylic acids is 1. The number of hydrogen-bond donors (Lipinski definition) is 1. The van der Waals surface area contributed by atoms with Gasteiger partial charge in [0.15, 0.2) is 0 Å². The first kappa shape index (κ1) is 10.4. The van der Waals surface area contributed by atoms with Crippen molar-refractivity contribution in [3.05, 3.63) is 36.0 Å². The quantitative estimate of drug-likeness (QED) is 0.875. The van der Waals surface area contributed by atoms with Gasteiger partial charge in [-0.3, -0.25) is 4.79 Å². The Kier molecular flexibility index (Phi) is 2.39. The standard InChI is InChI=1S/C14H15NO2/c16-13(17)8-12-3-1-2-11-6-7-15(14(11)12)9-10-4-5-10/h1-3,6-7,10H,4-5,8-9H2,(H,16,17). The number of rotatable bonds is 4. The van der Waals surface area contributed by atoms with E-state index in [-0.39, 0.29) is 6.42 Å². The number of carboxylic acid groups (broad SMARTS) is 1. The Morgan fingerprint density at radius 3 is 2.88 bits per heavy atom. The number of hydrogen-bond acceptors (Lipinski definition) is 1. The highest BCUT2D eigenvalue weighted by atomic mass is 16.4. The van der Waals surface area contributed by atoms with Crippen LogP contribution in [-0.2, 0) is 17.8 Å². The topological polar surface area (TPSA) is 42.2 Å². The van der Waals surface area contributed by atoms with Gasteiger partial charge in [-0.15, -0.1) is 0 Å². The molecule has 1 aliphatic rings. The highest BCUT2D eigenvalue weighted by Crippen LogP contribution is 2.32. The molecule has 0 bridgehead atoms. The zero-order valence-electron chi connectivity index (χ0n) is 9.60. The molecule has 1 fully saturated rings. The molecule has 0 saturated heterocycles. The second-order valence-corrected chi connectivity index (χ2v) is 4.84. The lowest BCUT2D eigenvalue weighted by atomic mass is 10.1. The van der Waals surface area contributed by atoms with Crippen LogP contribution in [0.4, 0.5) is 0 Å². The Hall–Kier alpha value is -1.77. The van der Waals surface area contributed by atoms with E-state index in [1.165, 1.54) is 12.8 Å². The molecule has 17 heavy (non-hydrogen) atoms. The summed E-state index contributed by atoms with van der Waals surface area (Å²) >= 11 is 0. The van der Waals surface area contributed by atoms with Gasteiger partial charge in [-0.2, -0.15) is 0 Å². The number of fused-ring (bicyclic) bond motifs is 1. The fourth-order valence-electron chi connectivity index (χ4n) is 2.38. The third kappa shape index (κ3) is 2.05. The fourth-order valence-corrected chi connectivity index (χ4v) is 2.38. The monoisotopic (exact) mass is 229 g/mol. The first-order valence-corrected chi connectivity index (χ1v) is 6.02. The summed E-state index contributed by atoms with van der Waals surface area (Å²) < 4.78 is 2.21. The van der Waals surface area contributed by atoms with Crippen LogP contribution in [-0.4, -0.2) is 15.6 Å². The molecule has 0 spiro atoms. The maximum atomic E-state index is 10.9. The molecule has 2 aromatic rings. The normalized spacial score (nSPS) is 15.3. The van der Waals surface area contributed by atoms with E-state index in [9.17, 15) is 4.79 Å². The van der Waals surface area contributed by atoms with E-state index >= 15 is 0 Å². The molecule has 0 unspecified atom stereocenters. The Labute approximate surface area is 99.7 Å². The highest BCUT2D eigenvalue weighted by Gasteiger charge is 2.22. The number of benzene rings is 1. The van der Waals surface area contributed by atoms with Crippen molar-refractivity contribution in [3.8, 4) is 0 Å². The smallest absolute Gasteiger partial charge is 0.307 e. The maximum absolute atomic E-state index is 10.9. The molecule has 1 aliphatic carbocycles. The molecule has 88 valence electrons. The second-order valence-electron chi connectivity index (χ2n) is 4.84. The molecule has 1 saturated carbocycles. The van der Waals surface area contributed by atoms with Gasteiger partial charge in [-0.1, -0.05) is 18.2 Å². The van der Waals surface area contributed by atoms with Gasteiger partial charge in [-0.25, -0.2) is 0 Å². The van der Waals surface area contributed by atoms with Crippen LogP contribution in [0.15, 0.2) is 30.5 Å². The molecule has 1 aromatic carbocycles. The molecule has 0 aliphatic heterocycles. The average molecular weight is 229 g/mol. The van der Waals surface area contributed by atoms with Gasteiger partial charge >= 0.3 is 5.97 Å². The molecule has 1 aromatic heterocycles. The van der Waals surface area contributed by atoms with Crippen molar-refractivity contribution >= 4 is 16.9 Å². The van der Waals surface area contributed by atoms with Gasteiger partial charge in [-0.05, 0) is 35.8 Å². The van der Waals surface area contributed by atoms with Crippen molar-refractivity contribution in [1.29, 1.82) is 0 Å². The summed E-state index contributed by atoms with van der Waals surface area (Å²) in [6.45, 7) is 1.03. The molecular formula is C14H15NO2. The van der Waals surface area contributed by atoms with Crippen LogP contribution in [0.5, 0.6) is 0 Å². The van der Waals surface area contributed by atoms with Crippen molar-refractivity contribution in [2.24, 2.45) is 5.92 Å². The van der Waals surface area contributed by atoms with E-state index in [1.54, 1.807) is 0 Å². The summed E-state index contributed by atoms with van der Waals surface area (Å²) in [5, 5.41) is 10.1. The van der Waals surface area contributed by atoms with E-state index in [1.807, 2.05) is 18.2 Å². The summed E-state index contributed by atoms with van der Waals surface area (Å²) in [6, 6.07) is 7.97. The largest absolute Gasteiger partial charge is 0.481 e. The Morgan fingerprint density at radius 1 is 1.35 bits per heavy atom. The second kappa shape index (κ2) is 3.91. The zero-order chi connectivity index (χ0) is 11.8. The molecule has 1 N–H and O–H groups in total.